The lowest BCUT2D eigenvalue weighted by atomic mass is 9.88. The zero-order chi connectivity index (χ0) is 19.7. The SMILES string of the molecule is CC1CCCN(C(=O)C(C)(C)C(=O)Nc2ccc(Cl)c(C(F)(F)F)c2)C1. The van der Waals surface area contributed by atoms with Crippen LogP contribution in [0.25, 0.3) is 0 Å². The average Bonchev–Trinajstić information content (AvgIpc) is 2.54. The first-order valence-electron chi connectivity index (χ1n) is 8.40. The molecule has 0 saturated carbocycles. The zero-order valence-electron chi connectivity index (χ0n) is 14.9. The van der Waals surface area contributed by atoms with E-state index in [1.807, 2.05) is 6.92 Å². The summed E-state index contributed by atoms with van der Waals surface area (Å²) in [5, 5.41) is 1.96. The second-order valence-electron chi connectivity index (χ2n) is 7.27. The van der Waals surface area contributed by atoms with Gasteiger partial charge in [0.25, 0.3) is 0 Å². The molecule has 0 radical (unpaired) electrons. The minimum absolute atomic E-state index is 0.0559. The van der Waals surface area contributed by atoms with E-state index in [9.17, 15) is 22.8 Å². The predicted octanol–water partition coefficient (Wildman–Crippen LogP) is 4.58. The van der Waals surface area contributed by atoms with Gasteiger partial charge in [0, 0.05) is 18.8 Å². The van der Waals surface area contributed by atoms with Crippen LogP contribution in [0.2, 0.25) is 5.02 Å². The van der Waals surface area contributed by atoms with Gasteiger partial charge in [0.2, 0.25) is 11.8 Å². The second kappa shape index (κ2) is 7.47. The molecule has 1 atom stereocenters. The van der Waals surface area contributed by atoms with Crippen LogP contribution in [0.3, 0.4) is 0 Å². The molecule has 1 aliphatic heterocycles. The van der Waals surface area contributed by atoms with Crippen molar-refractivity contribution in [1.82, 2.24) is 4.90 Å². The molecule has 4 nitrogen and oxygen atoms in total. The molecule has 1 heterocycles. The molecule has 1 aromatic carbocycles. The Morgan fingerprint density at radius 2 is 1.92 bits per heavy atom. The summed E-state index contributed by atoms with van der Waals surface area (Å²) in [7, 11) is 0. The lowest BCUT2D eigenvalue weighted by molar-refractivity contribution is -0.147. The molecular weight excluding hydrogens is 369 g/mol. The molecule has 1 aliphatic rings. The maximum Gasteiger partial charge on any atom is 0.417 e. The number of benzene rings is 1. The van der Waals surface area contributed by atoms with E-state index in [0.717, 1.165) is 25.0 Å². The number of alkyl halides is 3. The van der Waals surface area contributed by atoms with Crippen LogP contribution < -0.4 is 5.32 Å². The van der Waals surface area contributed by atoms with Gasteiger partial charge in [-0.2, -0.15) is 13.2 Å². The number of hydrogen-bond acceptors (Lipinski definition) is 2. The van der Waals surface area contributed by atoms with Crippen LogP contribution in [-0.4, -0.2) is 29.8 Å². The third-order valence-corrected chi connectivity index (χ3v) is 4.91. The Balaban J connectivity index is 2.16. The van der Waals surface area contributed by atoms with Crippen molar-refractivity contribution in [3.8, 4) is 0 Å². The van der Waals surface area contributed by atoms with Gasteiger partial charge in [-0.1, -0.05) is 18.5 Å². The van der Waals surface area contributed by atoms with Crippen LogP contribution in [0.4, 0.5) is 18.9 Å². The lowest BCUT2D eigenvalue weighted by Crippen LogP contribution is -2.50. The van der Waals surface area contributed by atoms with Crippen molar-refractivity contribution in [3.05, 3.63) is 28.8 Å². The maximum atomic E-state index is 12.9. The number of nitrogens with zero attached hydrogens (tertiary/aromatic N) is 1. The summed E-state index contributed by atoms with van der Waals surface area (Å²) >= 11 is 5.58. The number of hydrogen-bond donors (Lipinski definition) is 1. The number of amides is 2. The van der Waals surface area contributed by atoms with Gasteiger partial charge in [0.15, 0.2) is 0 Å². The topological polar surface area (TPSA) is 49.4 Å². The molecule has 2 rings (SSSR count). The number of nitrogens with one attached hydrogen (secondary N) is 1. The van der Waals surface area contributed by atoms with E-state index in [2.05, 4.69) is 5.32 Å². The number of halogens is 4. The zero-order valence-corrected chi connectivity index (χ0v) is 15.7. The Labute approximate surface area is 155 Å². The molecule has 1 aromatic rings. The summed E-state index contributed by atoms with van der Waals surface area (Å²) in [6.07, 6.45) is -2.73. The van der Waals surface area contributed by atoms with Crippen molar-refractivity contribution in [1.29, 1.82) is 0 Å². The van der Waals surface area contributed by atoms with Gasteiger partial charge in [0.1, 0.15) is 5.41 Å². The first kappa shape index (κ1) is 20.6. The molecule has 0 aromatic heterocycles. The summed E-state index contributed by atoms with van der Waals surface area (Å²) in [6, 6.07) is 3.11. The van der Waals surface area contributed by atoms with E-state index >= 15 is 0 Å². The van der Waals surface area contributed by atoms with Crippen molar-refractivity contribution >= 4 is 29.1 Å². The monoisotopic (exact) mass is 390 g/mol. The van der Waals surface area contributed by atoms with Crippen LogP contribution in [-0.2, 0) is 15.8 Å². The highest BCUT2D eigenvalue weighted by Gasteiger charge is 2.40. The quantitative estimate of drug-likeness (QED) is 0.768. The van der Waals surface area contributed by atoms with Crippen LogP contribution in [0.1, 0.15) is 39.2 Å². The molecule has 1 fully saturated rings. The van der Waals surface area contributed by atoms with E-state index in [1.165, 1.54) is 19.9 Å². The predicted molar refractivity (Wildman–Crippen MR) is 93.8 cm³/mol. The van der Waals surface area contributed by atoms with E-state index in [0.29, 0.717) is 19.0 Å². The van der Waals surface area contributed by atoms with E-state index < -0.39 is 28.1 Å². The molecule has 0 bridgehead atoms. The second-order valence-corrected chi connectivity index (χ2v) is 7.68. The molecule has 1 unspecified atom stereocenters. The van der Waals surface area contributed by atoms with Gasteiger partial charge < -0.3 is 10.2 Å². The van der Waals surface area contributed by atoms with E-state index in [4.69, 9.17) is 11.6 Å². The van der Waals surface area contributed by atoms with Gasteiger partial charge >= 0.3 is 6.18 Å². The van der Waals surface area contributed by atoms with Crippen LogP contribution >= 0.6 is 11.6 Å². The van der Waals surface area contributed by atoms with Crippen molar-refractivity contribution < 1.29 is 22.8 Å². The Bertz CT molecular complexity index is 704. The lowest BCUT2D eigenvalue weighted by Gasteiger charge is -2.36. The summed E-state index contributed by atoms with van der Waals surface area (Å²) < 4.78 is 38.8. The van der Waals surface area contributed by atoms with Crippen molar-refractivity contribution in [2.45, 2.75) is 39.8 Å². The minimum atomic E-state index is -4.63. The Kier molecular flexibility index (Phi) is 5.90. The highest BCUT2D eigenvalue weighted by atomic mass is 35.5. The van der Waals surface area contributed by atoms with Crippen molar-refractivity contribution in [3.63, 3.8) is 0 Å². The number of carbonyl (C=O) groups is 2. The third-order valence-electron chi connectivity index (χ3n) is 4.58. The van der Waals surface area contributed by atoms with Gasteiger partial charge in [0.05, 0.1) is 10.6 Å². The number of likely N-dealkylation sites (tertiary alicyclic amines) is 1. The molecule has 1 N–H and O–H groups in total. The van der Waals surface area contributed by atoms with Crippen LogP contribution in [0, 0.1) is 11.3 Å². The average molecular weight is 391 g/mol. The minimum Gasteiger partial charge on any atom is -0.342 e. The normalized spacial score (nSPS) is 18.6. The Morgan fingerprint density at radius 1 is 1.27 bits per heavy atom. The number of piperidine rings is 1. The van der Waals surface area contributed by atoms with Crippen molar-refractivity contribution in [2.75, 3.05) is 18.4 Å². The fourth-order valence-electron chi connectivity index (χ4n) is 2.97. The largest absolute Gasteiger partial charge is 0.417 e. The molecular formula is C18H22ClF3N2O2. The Hall–Kier alpha value is -1.76. The third kappa shape index (κ3) is 4.50. The van der Waals surface area contributed by atoms with Gasteiger partial charge in [-0.3, -0.25) is 9.59 Å². The Morgan fingerprint density at radius 3 is 2.50 bits per heavy atom. The fourth-order valence-corrected chi connectivity index (χ4v) is 3.20. The molecule has 2 amide bonds. The van der Waals surface area contributed by atoms with Gasteiger partial charge in [-0.25, -0.2) is 0 Å². The summed E-state index contributed by atoms with van der Waals surface area (Å²) in [5.74, 6) is -0.625. The van der Waals surface area contributed by atoms with E-state index in [-0.39, 0.29) is 11.6 Å². The highest BCUT2D eigenvalue weighted by molar-refractivity contribution is 6.31. The molecule has 8 heteroatoms. The number of rotatable bonds is 3. The van der Waals surface area contributed by atoms with Crippen LogP contribution in [0.15, 0.2) is 18.2 Å². The summed E-state index contributed by atoms with van der Waals surface area (Å²) in [4.78, 5) is 27.0. The van der Waals surface area contributed by atoms with Crippen LogP contribution in [0.5, 0.6) is 0 Å². The fraction of sp³-hybridized carbons (Fsp3) is 0.556. The first-order chi connectivity index (χ1) is 11.9. The maximum absolute atomic E-state index is 12.9. The summed E-state index contributed by atoms with van der Waals surface area (Å²) in [5.41, 5.74) is -2.49. The van der Waals surface area contributed by atoms with Gasteiger partial charge in [-0.15, -0.1) is 0 Å². The highest BCUT2D eigenvalue weighted by Crippen LogP contribution is 2.36. The number of carbonyl (C=O) groups excluding carboxylic acids is 2. The van der Waals surface area contributed by atoms with E-state index in [1.54, 1.807) is 4.90 Å². The summed E-state index contributed by atoms with van der Waals surface area (Å²) in [6.45, 7) is 6.15. The van der Waals surface area contributed by atoms with Crippen molar-refractivity contribution in [2.24, 2.45) is 11.3 Å². The molecule has 26 heavy (non-hydrogen) atoms. The standard InChI is InChI=1S/C18H22ClF3N2O2/c1-11-5-4-8-24(10-11)16(26)17(2,3)15(25)23-12-6-7-14(19)13(9-12)18(20,21)22/h6-7,9,11H,4-5,8,10H2,1-3H3,(H,23,25). The molecule has 0 spiro atoms. The molecule has 0 aliphatic carbocycles. The van der Waals surface area contributed by atoms with Gasteiger partial charge in [-0.05, 0) is 50.8 Å². The molecule has 1 saturated heterocycles. The molecule has 144 valence electrons. The smallest absolute Gasteiger partial charge is 0.342 e. The number of anilines is 1. The first-order valence-corrected chi connectivity index (χ1v) is 8.78.